The van der Waals surface area contributed by atoms with Crippen LogP contribution in [-0.4, -0.2) is 24.2 Å². The molecular formula is C8H13NO2. The maximum atomic E-state index is 10.6. The molecule has 4 atom stereocenters. The lowest BCUT2D eigenvalue weighted by atomic mass is 10.0. The van der Waals surface area contributed by atoms with Gasteiger partial charge in [0.05, 0.1) is 5.92 Å². The summed E-state index contributed by atoms with van der Waals surface area (Å²) in [4.78, 5) is 10.6. The molecule has 0 unspecified atom stereocenters. The molecule has 2 fully saturated rings. The monoisotopic (exact) mass is 155 g/mol. The van der Waals surface area contributed by atoms with E-state index < -0.39 is 5.97 Å². The molecule has 0 spiro atoms. The summed E-state index contributed by atoms with van der Waals surface area (Å²) in [6.07, 6.45) is 0. The minimum atomic E-state index is -0.635. The van der Waals surface area contributed by atoms with E-state index in [0.717, 1.165) is 13.1 Å². The average Bonchev–Trinajstić information content (AvgIpc) is 2.41. The van der Waals surface area contributed by atoms with Crippen LogP contribution in [0.4, 0.5) is 0 Å². The van der Waals surface area contributed by atoms with Crippen LogP contribution < -0.4 is 5.32 Å². The molecule has 3 nitrogen and oxygen atoms in total. The first-order valence-corrected chi connectivity index (χ1v) is 4.15. The number of aliphatic carboxylic acids is 1. The van der Waals surface area contributed by atoms with Crippen molar-refractivity contribution in [1.29, 1.82) is 0 Å². The highest BCUT2D eigenvalue weighted by atomic mass is 16.4. The Kier molecular flexibility index (Phi) is 1.42. The molecule has 62 valence electrons. The lowest BCUT2D eigenvalue weighted by Gasteiger charge is -2.07. The number of carboxylic acid groups (broad SMARTS) is 1. The summed E-state index contributed by atoms with van der Waals surface area (Å²) in [7, 11) is 0. The first-order valence-electron chi connectivity index (χ1n) is 4.15. The van der Waals surface area contributed by atoms with E-state index in [-0.39, 0.29) is 5.92 Å². The van der Waals surface area contributed by atoms with E-state index in [1.54, 1.807) is 0 Å². The van der Waals surface area contributed by atoms with E-state index in [4.69, 9.17) is 5.11 Å². The van der Waals surface area contributed by atoms with Crippen LogP contribution in [0.2, 0.25) is 0 Å². The van der Waals surface area contributed by atoms with Crippen molar-refractivity contribution in [3.05, 3.63) is 0 Å². The van der Waals surface area contributed by atoms with Gasteiger partial charge in [0.15, 0.2) is 0 Å². The molecule has 1 saturated carbocycles. The summed E-state index contributed by atoms with van der Waals surface area (Å²) >= 11 is 0. The highest BCUT2D eigenvalue weighted by Crippen LogP contribution is 2.52. The lowest BCUT2D eigenvalue weighted by Crippen LogP contribution is -2.21. The minimum absolute atomic E-state index is 0.132. The Balaban J connectivity index is 1.95. The number of carboxylic acids is 1. The van der Waals surface area contributed by atoms with Gasteiger partial charge in [0.2, 0.25) is 0 Å². The zero-order valence-electron chi connectivity index (χ0n) is 6.58. The highest BCUT2D eigenvalue weighted by molar-refractivity contribution is 5.70. The predicted octanol–water partition coefficient (Wildman–Crippen LogP) is 0.172. The fourth-order valence-corrected chi connectivity index (χ4v) is 2.37. The van der Waals surface area contributed by atoms with Crippen molar-refractivity contribution in [2.75, 3.05) is 13.1 Å². The van der Waals surface area contributed by atoms with Gasteiger partial charge in [-0.15, -0.1) is 0 Å². The third kappa shape index (κ3) is 0.948. The van der Waals surface area contributed by atoms with Gasteiger partial charge in [-0.2, -0.15) is 0 Å². The molecule has 0 radical (unpaired) electrons. The van der Waals surface area contributed by atoms with Crippen molar-refractivity contribution in [1.82, 2.24) is 5.32 Å². The Morgan fingerprint density at radius 3 is 2.55 bits per heavy atom. The molecule has 1 aliphatic heterocycles. The van der Waals surface area contributed by atoms with E-state index in [1.165, 1.54) is 0 Å². The standard InChI is InChI=1S/C8H13NO2/c1-4(8(10)11)7-5-2-9-3-6(5)7/h4-7,9H,2-3H2,1H3,(H,10,11)/t4-,5-,6+,7-/m1/s1. The second-order valence-corrected chi connectivity index (χ2v) is 3.69. The van der Waals surface area contributed by atoms with Gasteiger partial charge in [0.1, 0.15) is 0 Å². The van der Waals surface area contributed by atoms with E-state index in [1.807, 2.05) is 6.92 Å². The Morgan fingerprint density at radius 1 is 1.55 bits per heavy atom. The summed E-state index contributed by atoms with van der Waals surface area (Å²) < 4.78 is 0. The van der Waals surface area contributed by atoms with Crippen LogP contribution in [0.1, 0.15) is 6.92 Å². The topological polar surface area (TPSA) is 49.3 Å². The highest BCUT2D eigenvalue weighted by Gasteiger charge is 2.56. The molecule has 3 heteroatoms. The first kappa shape index (κ1) is 7.10. The van der Waals surface area contributed by atoms with E-state index >= 15 is 0 Å². The molecule has 2 N–H and O–H groups in total. The van der Waals surface area contributed by atoms with Gasteiger partial charge in [-0.25, -0.2) is 0 Å². The third-order valence-electron chi connectivity index (χ3n) is 3.12. The zero-order chi connectivity index (χ0) is 8.01. The van der Waals surface area contributed by atoms with Crippen molar-refractivity contribution >= 4 is 5.97 Å². The Morgan fingerprint density at radius 2 is 2.09 bits per heavy atom. The van der Waals surface area contributed by atoms with Crippen LogP contribution in [0.3, 0.4) is 0 Å². The summed E-state index contributed by atoms with van der Waals surface area (Å²) in [6.45, 7) is 3.89. The maximum Gasteiger partial charge on any atom is 0.306 e. The van der Waals surface area contributed by atoms with Crippen molar-refractivity contribution in [2.45, 2.75) is 6.92 Å². The van der Waals surface area contributed by atoms with Gasteiger partial charge in [-0.05, 0) is 30.8 Å². The third-order valence-corrected chi connectivity index (χ3v) is 3.12. The van der Waals surface area contributed by atoms with Gasteiger partial charge in [-0.3, -0.25) is 4.79 Å². The molecule has 0 aromatic heterocycles. The number of piperidine rings is 1. The van der Waals surface area contributed by atoms with Crippen molar-refractivity contribution in [2.24, 2.45) is 23.7 Å². The maximum absolute atomic E-state index is 10.6. The van der Waals surface area contributed by atoms with Crippen LogP contribution in [-0.2, 0) is 4.79 Å². The number of fused-ring (bicyclic) bond motifs is 1. The molecule has 0 amide bonds. The molecule has 1 aliphatic carbocycles. The Hall–Kier alpha value is -0.570. The fourth-order valence-electron chi connectivity index (χ4n) is 2.37. The van der Waals surface area contributed by atoms with E-state index in [0.29, 0.717) is 17.8 Å². The molecule has 2 rings (SSSR count). The second-order valence-electron chi connectivity index (χ2n) is 3.69. The molecular weight excluding hydrogens is 142 g/mol. The quantitative estimate of drug-likeness (QED) is 0.597. The fraction of sp³-hybridized carbons (Fsp3) is 0.875. The number of hydrogen-bond acceptors (Lipinski definition) is 2. The Labute approximate surface area is 65.8 Å². The molecule has 1 saturated heterocycles. The second kappa shape index (κ2) is 2.21. The normalized spacial score (nSPS) is 43.2. The summed E-state index contributed by atoms with van der Waals surface area (Å²) in [5.41, 5.74) is 0. The molecule has 0 bridgehead atoms. The van der Waals surface area contributed by atoms with Crippen LogP contribution in [0.5, 0.6) is 0 Å². The van der Waals surface area contributed by atoms with E-state index in [9.17, 15) is 4.79 Å². The van der Waals surface area contributed by atoms with Crippen molar-refractivity contribution in [3.8, 4) is 0 Å². The summed E-state index contributed by atoms with van der Waals surface area (Å²) in [6, 6.07) is 0. The van der Waals surface area contributed by atoms with Crippen LogP contribution in [0.25, 0.3) is 0 Å². The number of carbonyl (C=O) groups is 1. The van der Waals surface area contributed by atoms with Gasteiger partial charge in [0.25, 0.3) is 0 Å². The SMILES string of the molecule is C[C@@H](C(=O)O)[C@@H]1[C@@H]2CNC[C@@H]21. The predicted molar refractivity (Wildman–Crippen MR) is 40.1 cm³/mol. The lowest BCUT2D eigenvalue weighted by molar-refractivity contribution is -0.142. The van der Waals surface area contributed by atoms with Crippen molar-refractivity contribution < 1.29 is 9.90 Å². The molecule has 1 heterocycles. The van der Waals surface area contributed by atoms with Gasteiger partial charge in [0, 0.05) is 0 Å². The minimum Gasteiger partial charge on any atom is -0.481 e. The Bertz CT molecular complexity index is 183. The molecule has 11 heavy (non-hydrogen) atoms. The number of hydrogen-bond donors (Lipinski definition) is 2. The number of nitrogens with one attached hydrogen (secondary N) is 1. The smallest absolute Gasteiger partial charge is 0.306 e. The van der Waals surface area contributed by atoms with Crippen molar-refractivity contribution in [3.63, 3.8) is 0 Å². The van der Waals surface area contributed by atoms with Gasteiger partial charge >= 0.3 is 5.97 Å². The van der Waals surface area contributed by atoms with Crippen LogP contribution in [0, 0.1) is 23.7 Å². The van der Waals surface area contributed by atoms with E-state index in [2.05, 4.69) is 5.32 Å². The number of rotatable bonds is 2. The zero-order valence-corrected chi connectivity index (χ0v) is 6.58. The first-order chi connectivity index (χ1) is 5.22. The summed E-state index contributed by atoms with van der Waals surface area (Å²) in [5.74, 6) is 1.03. The average molecular weight is 155 g/mol. The van der Waals surface area contributed by atoms with Crippen LogP contribution in [0.15, 0.2) is 0 Å². The largest absolute Gasteiger partial charge is 0.481 e. The molecule has 0 aromatic rings. The van der Waals surface area contributed by atoms with Crippen LogP contribution >= 0.6 is 0 Å². The van der Waals surface area contributed by atoms with Gasteiger partial charge in [-0.1, -0.05) is 6.92 Å². The summed E-state index contributed by atoms with van der Waals surface area (Å²) in [5, 5.41) is 12.0. The van der Waals surface area contributed by atoms with Gasteiger partial charge < -0.3 is 10.4 Å². The molecule has 2 aliphatic rings. The molecule has 0 aromatic carbocycles.